The van der Waals surface area contributed by atoms with E-state index in [0.717, 1.165) is 12.8 Å². The maximum Gasteiger partial charge on any atom is 2.00 e. The van der Waals surface area contributed by atoms with Crippen LogP contribution < -0.4 is 24.8 Å². The van der Waals surface area contributed by atoms with Crippen LogP contribution in [0.3, 0.4) is 0 Å². The summed E-state index contributed by atoms with van der Waals surface area (Å²) >= 11 is 0. The molecule has 3 aromatic rings. The molecular weight excluding hydrogens is 510 g/mol. The zero-order valence-corrected chi connectivity index (χ0v) is 22.4. The molecule has 3 heteroatoms. The number of rotatable bonds is 4. The average molecular weight is 537 g/mol. The molecule has 5 rings (SSSR count). The molecule has 0 aliphatic heterocycles. The minimum atomic E-state index is -0.0129. The van der Waals surface area contributed by atoms with Gasteiger partial charge < -0.3 is 24.8 Å². The fourth-order valence-corrected chi connectivity index (χ4v) is 5.67. The zero-order chi connectivity index (χ0) is 20.0. The van der Waals surface area contributed by atoms with Crippen LogP contribution in [0, 0.1) is 17.8 Å². The smallest absolute Gasteiger partial charge is 1.00 e. The third-order valence-corrected chi connectivity index (χ3v) is 6.93. The first-order valence-electron chi connectivity index (χ1n) is 10.6. The van der Waals surface area contributed by atoms with Gasteiger partial charge in [-0.2, -0.15) is 0 Å². The van der Waals surface area contributed by atoms with Gasteiger partial charge in [0.15, 0.2) is 0 Å². The Kier molecular flexibility index (Phi) is 8.81. The predicted octanol–water partition coefficient (Wildman–Crippen LogP) is 1.42. The van der Waals surface area contributed by atoms with E-state index in [-0.39, 0.29) is 56.4 Å². The van der Waals surface area contributed by atoms with Crippen molar-refractivity contribution in [2.45, 2.75) is 38.5 Å². The summed E-state index contributed by atoms with van der Waals surface area (Å²) in [4.78, 5) is 0. The van der Waals surface area contributed by atoms with Crippen LogP contribution in [0.25, 0.3) is 17.2 Å². The summed E-state index contributed by atoms with van der Waals surface area (Å²) in [6.07, 6.45) is 9.93. The molecule has 0 spiro atoms. The van der Waals surface area contributed by atoms with E-state index >= 15 is 0 Å². The van der Waals surface area contributed by atoms with Crippen molar-refractivity contribution in [3.8, 4) is 23.5 Å². The van der Waals surface area contributed by atoms with Crippen LogP contribution in [0.1, 0.15) is 60.8 Å². The first kappa shape index (κ1) is 26.7. The summed E-state index contributed by atoms with van der Waals surface area (Å²) in [7, 11) is 0. The maximum absolute atomic E-state index is 5.66. The number of allylic oxidation sites excluding steroid dienone is 1. The number of fused-ring (bicyclic) bond motifs is 4. The van der Waals surface area contributed by atoms with E-state index in [2.05, 4.69) is 98.6 Å². The summed E-state index contributed by atoms with van der Waals surface area (Å²) in [5, 5.41) is 0. The van der Waals surface area contributed by atoms with Gasteiger partial charge in [0.25, 0.3) is 0 Å². The molecule has 0 aromatic heterocycles. The molecule has 0 amide bonds. The van der Waals surface area contributed by atoms with Gasteiger partial charge in [0.05, 0.1) is 0 Å². The molecule has 0 heterocycles. The molecular formula is C29H26Cl2Zr. The van der Waals surface area contributed by atoms with Gasteiger partial charge in [-0.05, 0) is 45.2 Å². The maximum atomic E-state index is 5.66. The standard InChI is InChI=1S/C29H26.2ClH.Zr/c1-4-5-13-24-21-14-7-6-12-20(21)19-27(24)29(2,3)28-25-17-10-8-15-22(25)23-16-9-11-18-26(23)28;;;/h1,6-12,14-19,24,28H,5,13H2,2-3H3;2*1H;/q;;;+2/p-2. The minimum absolute atomic E-state index is 0. The second-order valence-corrected chi connectivity index (χ2v) is 8.85. The third-order valence-electron chi connectivity index (χ3n) is 6.93. The molecule has 0 bridgehead atoms. The van der Waals surface area contributed by atoms with Gasteiger partial charge in [0.1, 0.15) is 0 Å². The number of halogens is 2. The van der Waals surface area contributed by atoms with E-state index in [9.17, 15) is 0 Å². The second-order valence-electron chi connectivity index (χ2n) is 8.85. The molecule has 0 radical (unpaired) electrons. The molecule has 0 nitrogen and oxygen atoms in total. The van der Waals surface area contributed by atoms with Gasteiger partial charge in [-0.15, -0.1) is 12.3 Å². The van der Waals surface area contributed by atoms with Gasteiger partial charge >= 0.3 is 26.2 Å². The van der Waals surface area contributed by atoms with Crippen molar-refractivity contribution in [1.29, 1.82) is 0 Å². The molecule has 0 fully saturated rings. The van der Waals surface area contributed by atoms with Gasteiger partial charge in [-0.1, -0.05) is 98.3 Å². The quantitative estimate of drug-likeness (QED) is 0.443. The first-order valence-corrected chi connectivity index (χ1v) is 10.6. The van der Waals surface area contributed by atoms with Crippen LogP contribution in [-0.2, 0) is 26.2 Å². The van der Waals surface area contributed by atoms with Crippen LogP contribution in [0.4, 0.5) is 0 Å². The number of hydrogen-bond donors (Lipinski definition) is 0. The molecule has 0 saturated carbocycles. The van der Waals surface area contributed by atoms with Gasteiger partial charge in [0, 0.05) is 18.3 Å². The summed E-state index contributed by atoms with van der Waals surface area (Å²) in [6, 6.07) is 26.7. The molecule has 160 valence electrons. The van der Waals surface area contributed by atoms with E-state index in [1.807, 2.05) is 0 Å². The third kappa shape index (κ3) is 4.19. The van der Waals surface area contributed by atoms with Crippen molar-refractivity contribution in [2.24, 2.45) is 5.41 Å². The van der Waals surface area contributed by atoms with E-state index in [1.54, 1.807) is 0 Å². The number of benzene rings is 3. The zero-order valence-electron chi connectivity index (χ0n) is 18.4. The fourth-order valence-electron chi connectivity index (χ4n) is 5.67. The Morgan fingerprint density at radius 3 is 1.84 bits per heavy atom. The Labute approximate surface area is 223 Å². The molecule has 1 atom stereocenters. The average Bonchev–Trinajstić information content (AvgIpc) is 3.29. The summed E-state index contributed by atoms with van der Waals surface area (Å²) in [5.41, 5.74) is 9.97. The predicted molar refractivity (Wildman–Crippen MR) is 123 cm³/mol. The van der Waals surface area contributed by atoms with E-state index in [1.165, 1.54) is 39.0 Å². The molecule has 2 aliphatic carbocycles. The number of hydrogen-bond acceptors (Lipinski definition) is 0. The Morgan fingerprint density at radius 1 is 0.781 bits per heavy atom. The second kappa shape index (κ2) is 10.6. The molecule has 3 aromatic carbocycles. The van der Waals surface area contributed by atoms with Crippen molar-refractivity contribution < 1.29 is 51.0 Å². The van der Waals surface area contributed by atoms with Crippen molar-refractivity contribution in [3.63, 3.8) is 0 Å². The van der Waals surface area contributed by atoms with Crippen LogP contribution in [0.2, 0.25) is 0 Å². The van der Waals surface area contributed by atoms with Crippen molar-refractivity contribution in [1.82, 2.24) is 0 Å². The minimum Gasteiger partial charge on any atom is -1.00 e. The monoisotopic (exact) mass is 534 g/mol. The van der Waals surface area contributed by atoms with Crippen LogP contribution in [0.15, 0.2) is 78.4 Å². The van der Waals surface area contributed by atoms with Crippen LogP contribution in [-0.4, -0.2) is 0 Å². The Morgan fingerprint density at radius 2 is 1.28 bits per heavy atom. The fraction of sp³-hybridized carbons (Fsp3) is 0.241. The SMILES string of the molecule is C#CCCC1C(C(C)(C)C2c3ccccc3-c3ccccc32)=Cc2ccccc21.[Cl-].[Cl-].[Zr+2]. The summed E-state index contributed by atoms with van der Waals surface area (Å²) in [6.45, 7) is 4.86. The van der Waals surface area contributed by atoms with Crippen molar-refractivity contribution in [2.75, 3.05) is 0 Å². The van der Waals surface area contributed by atoms with E-state index in [4.69, 9.17) is 6.42 Å². The van der Waals surface area contributed by atoms with Crippen LogP contribution in [0.5, 0.6) is 0 Å². The largest absolute Gasteiger partial charge is 2.00 e. The Balaban J connectivity index is 0.00000121. The van der Waals surface area contributed by atoms with E-state index in [0.29, 0.717) is 11.8 Å². The number of terminal acetylenes is 1. The van der Waals surface area contributed by atoms with Crippen molar-refractivity contribution >= 4 is 6.08 Å². The molecule has 2 aliphatic rings. The normalized spacial score (nSPS) is 15.7. The van der Waals surface area contributed by atoms with Gasteiger partial charge in [0.2, 0.25) is 0 Å². The topological polar surface area (TPSA) is 0 Å². The van der Waals surface area contributed by atoms with Gasteiger partial charge in [-0.25, -0.2) is 0 Å². The Bertz CT molecular complexity index is 1120. The molecule has 32 heavy (non-hydrogen) atoms. The summed E-state index contributed by atoms with van der Waals surface area (Å²) < 4.78 is 0. The van der Waals surface area contributed by atoms with Crippen molar-refractivity contribution in [3.05, 3.63) is 101 Å². The first-order chi connectivity index (χ1) is 14.1. The molecule has 1 unspecified atom stereocenters. The van der Waals surface area contributed by atoms with E-state index < -0.39 is 0 Å². The Hall–Kier alpha value is -1.58. The molecule has 0 N–H and O–H groups in total. The summed E-state index contributed by atoms with van der Waals surface area (Å²) in [5.74, 6) is 3.62. The van der Waals surface area contributed by atoms with Crippen LogP contribution >= 0.6 is 0 Å². The molecule has 0 saturated heterocycles. The van der Waals surface area contributed by atoms with Gasteiger partial charge in [-0.3, -0.25) is 0 Å².